The second-order valence-electron chi connectivity index (χ2n) is 4.96. The molecule has 0 unspecified atom stereocenters. The van der Waals surface area contributed by atoms with Gasteiger partial charge in [0.15, 0.2) is 0 Å². The van der Waals surface area contributed by atoms with Crippen molar-refractivity contribution in [3.63, 3.8) is 0 Å². The highest BCUT2D eigenvalue weighted by Crippen LogP contribution is 2.37. The molecular weight excluding hydrogens is 214 g/mol. The van der Waals surface area contributed by atoms with Crippen molar-refractivity contribution in [3.05, 3.63) is 17.7 Å². The van der Waals surface area contributed by atoms with Crippen molar-refractivity contribution in [1.82, 2.24) is 0 Å². The van der Waals surface area contributed by atoms with E-state index < -0.39 is 0 Å². The highest BCUT2D eigenvalue weighted by atomic mass is 16.1. The fraction of sp³-hybridized carbons (Fsp3) is 0.462. The molecule has 4 heteroatoms. The van der Waals surface area contributed by atoms with Crippen molar-refractivity contribution in [2.24, 2.45) is 0 Å². The Balaban J connectivity index is 1.99. The average Bonchev–Trinajstić information content (AvgIpc) is 3.12. The van der Waals surface area contributed by atoms with Gasteiger partial charge in [-0.25, -0.2) is 0 Å². The second-order valence-corrected chi connectivity index (χ2v) is 4.96. The van der Waals surface area contributed by atoms with Gasteiger partial charge in [0, 0.05) is 25.2 Å². The molecule has 1 aromatic rings. The molecule has 17 heavy (non-hydrogen) atoms. The van der Waals surface area contributed by atoms with Crippen molar-refractivity contribution in [3.8, 4) is 0 Å². The minimum absolute atomic E-state index is 0.0993. The van der Waals surface area contributed by atoms with E-state index in [2.05, 4.69) is 17.3 Å². The van der Waals surface area contributed by atoms with Crippen LogP contribution in [0.4, 0.5) is 17.1 Å². The number of nitrogen functional groups attached to an aromatic ring is 1. The summed E-state index contributed by atoms with van der Waals surface area (Å²) in [6.45, 7) is 0. The smallest absolute Gasteiger partial charge is 0.224 e. The van der Waals surface area contributed by atoms with Gasteiger partial charge in [0.25, 0.3) is 0 Å². The van der Waals surface area contributed by atoms with Gasteiger partial charge in [-0.2, -0.15) is 0 Å². The number of nitrogens with zero attached hydrogens (tertiary/aromatic N) is 1. The molecule has 0 radical (unpaired) electrons. The maximum atomic E-state index is 11.4. The summed E-state index contributed by atoms with van der Waals surface area (Å²) in [7, 11) is 2.07. The highest BCUT2D eigenvalue weighted by Gasteiger charge is 2.28. The van der Waals surface area contributed by atoms with Crippen molar-refractivity contribution >= 4 is 23.0 Å². The third-order valence-electron chi connectivity index (χ3n) is 3.62. The first-order chi connectivity index (χ1) is 8.15. The molecule has 1 fully saturated rings. The quantitative estimate of drug-likeness (QED) is 0.762. The predicted octanol–water partition coefficient (Wildman–Crippen LogP) is 1.75. The summed E-state index contributed by atoms with van der Waals surface area (Å²) in [5.74, 6) is 0.0993. The second kappa shape index (κ2) is 3.65. The Bertz CT molecular complexity index is 480. The van der Waals surface area contributed by atoms with Gasteiger partial charge in [-0.1, -0.05) is 0 Å². The first-order valence-corrected chi connectivity index (χ1v) is 6.10. The SMILES string of the molecule is CN(c1cc2c(cc1N)CCC(=O)N2)C1CC1. The molecule has 1 aliphatic heterocycles. The van der Waals surface area contributed by atoms with E-state index in [0.29, 0.717) is 12.5 Å². The van der Waals surface area contributed by atoms with E-state index in [4.69, 9.17) is 5.73 Å². The van der Waals surface area contributed by atoms with Gasteiger partial charge in [-0.3, -0.25) is 4.79 Å². The topological polar surface area (TPSA) is 58.4 Å². The van der Waals surface area contributed by atoms with Crippen LogP contribution in [0.2, 0.25) is 0 Å². The Labute approximate surface area is 101 Å². The van der Waals surface area contributed by atoms with E-state index >= 15 is 0 Å². The lowest BCUT2D eigenvalue weighted by Gasteiger charge is -2.25. The zero-order chi connectivity index (χ0) is 12.0. The van der Waals surface area contributed by atoms with Crippen LogP contribution in [0.3, 0.4) is 0 Å². The van der Waals surface area contributed by atoms with Crippen LogP contribution >= 0.6 is 0 Å². The molecule has 0 saturated heterocycles. The molecule has 0 atom stereocenters. The highest BCUT2D eigenvalue weighted by molar-refractivity contribution is 5.95. The molecule has 0 bridgehead atoms. The average molecular weight is 231 g/mol. The van der Waals surface area contributed by atoms with Gasteiger partial charge in [-0.15, -0.1) is 0 Å². The number of fused-ring (bicyclic) bond motifs is 1. The fourth-order valence-electron chi connectivity index (χ4n) is 2.40. The number of rotatable bonds is 2. The number of carbonyl (C=O) groups excluding carboxylic acids is 1. The number of aryl methyl sites for hydroxylation is 1. The minimum Gasteiger partial charge on any atom is -0.397 e. The first kappa shape index (κ1) is 10.4. The van der Waals surface area contributed by atoms with Gasteiger partial charge in [0.2, 0.25) is 5.91 Å². The van der Waals surface area contributed by atoms with Crippen LogP contribution in [0.25, 0.3) is 0 Å². The lowest BCUT2D eigenvalue weighted by atomic mass is 10.0. The van der Waals surface area contributed by atoms with Gasteiger partial charge in [0.05, 0.1) is 11.4 Å². The molecular formula is C13H17N3O. The summed E-state index contributed by atoms with van der Waals surface area (Å²) < 4.78 is 0. The van der Waals surface area contributed by atoms with Crippen LogP contribution in [-0.2, 0) is 11.2 Å². The molecule has 1 saturated carbocycles. The van der Waals surface area contributed by atoms with Gasteiger partial charge in [-0.05, 0) is 37.0 Å². The maximum Gasteiger partial charge on any atom is 0.224 e. The molecule has 0 spiro atoms. The number of hydrogen-bond acceptors (Lipinski definition) is 3. The summed E-state index contributed by atoms with van der Waals surface area (Å²) in [6, 6.07) is 4.64. The molecule has 0 aromatic heterocycles. The summed E-state index contributed by atoms with van der Waals surface area (Å²) in [6.07, 6.45) is 3.82. The van der Waals surface area contributed by atoms with E-state index in [0.717, 1.165) is 29.0 Å². The summed E-state index contributed by atoms with van der Waals surface area (Å²) in [4.78, 5) is 13.6. The molecule has 1 amide bonds. The zero-order valence-electron chi connectivity index (χ0n) is 9.99. The minimum atomic E-state index is 0.0993. The normalized spacial score (nSPS) is 18.5. The lowest BCUT2D eigenvalue weighted by Crippen LogP contribution is -2.23. The lowest BCUT2D eigenvalue weighted by molar-refractivity contribution is -0.116. The monoisotopic (exact) mass is 231 g/mol. The number of nitrogens with two attached hydrogens (primary N) is 1. The van der Waals surface area contributed by atoms with E-state index in [1.807, 2.05) is 12.1 Å². The molecule has 1 heterocycles. The van der Waals surface area contributed by atoms with Crippen LogP contribution in [-0.4, -0.2) is 19.0 Å². The molecule has 2 aliphatic rings. The predicted molar refractivity (Wildman–Crippen MR) is 69.2 cm³/mol. The van der Waals surface area contributed by atoms with Crippen molar-refractivity contribution in [1.29, 1.82) is 0 Å². The maximum absolute atomic E-state index is 11.4. The first-order valence-electron chi connectivity index (χ1n) is 6.10. The number of anilines is 3. The molecule has 1 aliphatic carbocycles. The number of amides is 1. The number of benzene rings is 1. The molecule has 1 aromatic carbocycles. The number of nitrogens with one attached hydrogen (secondary N) is 1. The third kappa shape index (κ3) is 1.84. The molecule has 90 valence electrons. The Morgan fingerprint density at radius 3 is 2.82 bits per heavy atom. The van der Waals surface area contributed by atoms with Crippen LogP contribution in [0, 0.1) is 0 Å². The van der Waals surface area contributed by atoms with Crippen molar-refractivity contribution in [2.75, 3.05) is 23.0 Å². The van der Waals surface area contributed by atoms with Crippen LogP contribution in [0.15, 0.2) is 12.1 Å². The van der Waals surface area contributed by atoms with Crippen molar-refractivity contribution < 1.29 is 4.79 Å². The van der Waals surface area contributed by atoms with Gasteiger partial charge in [0.1, 0.15) is 0 Å². The zero-order valence-corrected chi connectivity index (χ0v) is 9.99. The molecule has 4 nitrogen and oxygen atoms in total. The molecule has 3 rings (SSSR count). The van der Waals surface area contributed by atoms with E-state index in [-0.39, 0.29) is 5.91 Å². The summed E-state index contributed by atoms with van der Waals surface area (Å²) in [5, 5.41) is 2.92. The fourth-order valence-corrected chi connectivity index (χ4v) is 2.40. The van der Waals surface area contributed by atoms with Crippen LogP contribution in [0.1, 0.15) is 24.8 Å². The van der Waals surface area contributed by atoms with E-state index in [9.17, 15) is 4.79 Å². The summed E-state index contributed by atoms with van der Waals surface area (Å²) in [5.41, 5.74) is 10.0. The number of carbonyl (C=O) groups is 1. The number of hydrogen-bond donors (Lipinski definition) is 2. The molecule has 3 N–H and O–H groups in total. The Hall–Kier alpha value is -1.71. The van der Waals surface area contributed by atoms with Gasteiger partial charge < -0.3 is 16.0 Å². The largest absolute Gasteiger partial charge is 0.397 e. The van der Waals surface area contributed by atoms with Gasteiger partial charge >= 0.3 is 0 Å². The third-order valence-corrected chi connectivity index (χ3v) is 3.62. The van der Waals surface area contributed by atoms with E-state index in [1.54, 1.807) is 0 Å². The standard InChI is InChI=1S/C13H17N3O/c1-16(9-3-4-9)12-7-11-8(6-10(12)14)2-5-13(17)15-11/h6-7,9H,2-5,14H2,1H3,(H,15,17). The Morgan fingerprint density at radius 2 is 2.12 bits per heavy atom. The Kier molecular flexibility index (Phi) is 2.24. The van der Waals surface area contributed by atoms with Crippen molar-refractivity contribution in [2.45, 2.75) is 31.7 Å². The van der Waals surface area contributed by atoms with Crippen LogP contribution < -0.4 is 16.0 Å². The van der Waals surface area contributed by atoms with Crippen LogP contribution in [0.5, 0.6) is 0 Å². The summed E-state index contributed by atoms with van der Waals surface area (Å²) >= 11 is 0. The van der Waals surface area contributed by atoms with E-state index in [1.165, 1.54) is 12.8 Å². The Morgan fingerprint density at radius 1 is 1.35 bits per heavy atom.